The molecule has 2 amide bonds. The van der Waals surface area contributed by atoms with Crippen molar-refractivity contribution < 1.29 is 14.3 Å². The van der Waals surface area contributed by atoms with E-state index in [9.17, 15) is 9.59 Å². The van der Waals surface area contributed by atoms with Gasteiger partial charge in [-0.2, -0.15) is 0 Å². The van der Waals surface area contributed by atoms with E-state index in [0.29, 0.717) is 13.2 Å². The highest BCUT2D eigenvalue weighted by molar-refractivity contribution is 7.80. The molecule has 110 valence electrons. The number of rotatable bonds is 4. The first-order chi connectivity index (χ1) is 10.1. The Bertz CT molecular complexity index is 608. The summed E-state index contributed by atoms with van der Waals surface area (Å²) < 4.78 is 5.35. The van der Waals surface area contributed by atoms with E-state index >= 15 is 0 Å². The summed E-state index contributed by atoms with van der Waals surface area (Å²) >= 11 is 4.97. The van der Waals surface area contributed by atoms with E-state index in [-0.39, 0.29) is 16.6 Å². The maximum Gasteiger partial charge on any atom is 0.265 e. The molecule has 0 bridgehead atoms. The second kappa shape index (κ2) is 6.49. The fraction of sp³-hybridized carbons (Fsp3) is 0.267. The largest absolute Gasteiger partial charge is 0.494 e. The summed E-state index contributed by atoms with van der Waals surface area (Å²) in [7, 11) is 0. The molecule has 0 aromatic heterocycles. The lowest BCUT2D eigenvalue weighted by Gasteiger charge is -2.27. The number of thiocarbonyl (C=S) groups is 1. The smallest absolute Gasteiger partial charge is 0.265 e. The maximum absolute atomic E-state index is 12.2. The minimum atomic E-state index is -0.469. The predicted octanol–water partition coefficient (Wildman–Crippen LogP) is 1.73. The van der Waals surface area contributed by atoms with Crippen molar-refractivity contribution in [2.75, 3.05) is 13.2 Å². The van der Waals surface area contributed by atoms with Crippen LogP contribution in [0.25, 0.3) is 6.08 Å². The Morgan fingerprint density at radius 1 is 1.24 bits per heavy atom. The zero-order valence-electron chi connectivity index (χ0n) is 11.9. The van der Waals surface area contributed by atoms with E-state index in [0.717, 1.165) is 11.3 Å². The highest BCUT2D eigenvalue weighted by Crippen LogP contribution is 2.17. The zero-order valence-corrected chi connectivity index (χ0v) is 12.7. The van der Waals surface area contributed by atoms with Crippen LogP contribution in [0, 0.1) is 0 Å². The molecular formula is C15H16N2O3S. The van der Waals surface area contributed by atoms with Gasteiger partial charge in [-0.3, -0.25) is 19.8 Å². The molecule has 1 fully saturated rings. The maximum atomic E-state index is 12.2. The molecule has 0 radical (unpaired) electrons. The van der Waals surface area contributed by atoms with Gasteiger partial charge < -0.3 is 4.74 Å². The van der Waals surface area contributed by atoms with Crippen LogP contribution < -0.4 is 10.1 Å². The van der Waals surface area contributed by atoms with Gasteiger partial charge in [0.2, 0.25) is 0 Å². The molecule has 0 aliphatic carbocycles. The third kappa shape index (κ3) is 3.28. The molecule has 5 nitrogen and oxygen atoms in total. The highest BCUT2D eigenvalue weighted by atomic mass is 32.1. The minimum Gasteiger partial charge on any atom is -0.494 e. The fourth-order valence-electron chi connectivity index (χ4n) is 1.97. The summed E-state index contributed by atoms with van der Waals surface area (Å²) in [5.74, 6) is -0.0980. The van der Waals surface area contributed by atoms with Crippen molar-refractivity contribution in [3.05, 3.63) is 35.4 Å². The van der Waals surface area contributed by atoms with Gasteiger partial charge in [0.1, 0.15) is 11.3 Å². The monoisotopic (exact) mass is 304 g/mol. The molecule has 21 heavy (non-hydrogen) atoms. The predicted molar refractivity (Wildman–Crippen MR) is 83.7 cm³/mol. The lowest BCUT2D eigenvalue weighted by Crippen LogP contribution is -2.53. The van der Waals surface area contributed by atoms with Crippen molar-refractivity contribution in [1.82, 2.24) is 10.2 Å². The van der Waals surface area contributed by atoms with Crippen molar-refractivity contribution in [2.24, 2.45) is 0 Å². The van der Waals surface area contributed by atoms with Crippen molar-refractivity contribution in [3.8, 4) is 5.75 Å². The number of nitrogens with one attached hydrogen (secondary N) is 1. The Kier molecular flexibility index (Phi) is 4.70. The van der Waals surface area contributed by atoms with Crippen LogP contribution >= 0.6 is 12.2 Å². The first kappa shape index (κ1) is 15.2. The van der Waals surface area contributed by atoms with E-state index in [1.807, 2.05) is 6.92 Å². The summed E-state index contributed by atoms with van der Waals surface area (Å²) in [6.07, 6.45) is 1.55. The molecule has 6 heteroatoms. The molecule has 1 aliphatic rings. The van der Waals surface area contributed by atoms with Crippen LogP contribution in [0.15, 0.2) is 29.8 Å². The van der Waals surface area contributed by atoms with Gasteiger partial charge in [0, 0.05) is 6.54 Å². The van der Waals surface area contributed by atoms with Crippen LogP contribution in [0.2, 0.25) is 0 Å². The van der Waals surface area contributed by atoms with E-state index in [1.54, 1.807) is 37.3 Å². The molecule has 2 rings (SSSR count). The molecule has 1 heterocycles. The molecule has 0 spiro atoms. The third-order valence-corrected chi connectivity index (χ3v) is 3.33. The van der Waals surface area contributed by atoms with E-state index in [4.69, 9.17) is 17.0 Å². The van der Waals surface area contributed by atoms with Gasteiger partial charge in [-0.05, 0) is 49.8 Å². The van der Waals surface area contributed by atoms with Crippen LogP contribution in [0.1, 0.15) is 19.4 Å². The molecule has 1 N–H and O–H groups in total. The Labute approximate surface area is 128 Å². The molecule has 1 aliphatic heterocycles. The van der Waals surface area contributed by atoms with E-state index in [1.165, 1.54) is 4.90 Å². The van der Waals surface area contributed by atoms with E-state index < -0.39 is 5.91 Å². The number of amides is 2. The first-order valence-electron chi connectivity index (χ1n) is 6.68. The molecule has 0 atom stereocenters. The lowest BCUT2D eigenvalue weighted by molar-refractivity contribution is -0.128. The van der Waals surface area contributed by atoms with Crippen molar-refractivity contribution in [2.45, 2.75) is 13.8 Å². The quantitative estimate of drug-likeness (QED) is 0.523. The summed E-state index contributed by atoms with van der Waals surface area (Å²) in [5, 5.41) is 2.67. The van der Waals surface area contributed by atoms with Crippen LogP contribution in [0.4, 0.5) is 0 Å². The number of hydrogen-bond acceptors (Lipinski definition) is 4. The molecule has 0 saturated carbocycles. The van der Waals surface area contributed by atoms with Gasteiger partial charge in [0.05, 0.1) is 6.61 Å². The number of carbonyl (C=O) groups excluding carboxylic acids is 2. The minimum absolute atomic E-state index is 0.0783. The molecule has 0 unspecified atom stereocenters. The Balaban J connectivity index is 2.28. The van der Waals surface area contributed by atoms with Gasteiger partial charge in [0.15, 0.2) is 5.11 Å². The average molecular weight is 304 g/mol. The average Bonchev–Trinajstić information content (AvgIpc) is 2.46. The molecule has 1 aromatic carbocycles. The SMILES string of the molecule is CCOc1ccc(/C=C2\C(=O)NC(=S)N(CC)C2=O)cc1. The topological polar surface area (TPSA) is 58.6 Å². The molecule has 1 aromatic rings. The number of carbonyl (C=O) groups is 2. The van der Waals surface area contributed by atoms with Crippen LogP contribution in [-0.4, -0.2) is 35.0 Å². The van der Waals surface area contributed by atoms with Crippen molar-refractivity contribution >= 4 is 35.2 Å². The van der Waals surface area contributed by atoms with Crippen molar-refractivity contribution in [1.29, 1.82) is 0 Å². The van der Waals surface area contributed by atoms with Crippen LogP contribution in [0.3, 0.4) is 0 Å². The second-order valence-corrected chi connectivity index (χ2v) is 4.76. The first-order valence-corrected chi connectivity index (χ1v) is 7.09. The van der Waals surface area contributed by atoms with Crippen LogP contribution in [-0.2, 0) is 9.59 Å². The summed E-state index contributed by atoms with van der Waals surface area (Å²) in [5.41, 5.74) is 0.829. The number of nitrogens with zero attached hydrogens (tertiary/aromatic N) is 1. The second-order valence-electron chi connectivity index (χ2n) is 4.37. The van der Waals surface area contributed by atoms with E-state index in [2.05, 4.69) is 5.32 Å². The molecule has 1 saturated heterocycles. The fourth-order valence-corrected chi connectivity index (χ4v) is 2.28. The normalized spacial score (nSPS) is 17.1. The van der Waals surface area contributed by atoms with Gasteiger partial charge in [-0.1, -0.05) is 12.1 Å². The van der Waals surface area contributed by atoms with Gasteiger partial charge in [0.25, 0.3) is 11.8 Å². The Hall–Kier alpha value is -2.21. The number of likely N-dealkylation sites (N-methyl/N-ethyl adjacent to an activating group) is 1. The Morgan fingerprint density at radius 2 is 1.90 bits per heavy atom. The zero-order chi connectivity index (χ0) is 15.4. The Morgan fingerprint density at radius 3 is 2.48 bits per heavy atom. The summed E-state index contributed by atoms with van der Waals surface area (Å²) in [4.78, 5) is 25.5. The highest BCUT2D eigenvalue weighted by Gasteiger charge is 2.32. The number of hydrogen-bond donors (Lipinski definition) is 1. The van der Waals surface area contributed by atoms with Gasteiger partial charge >= 0.3 is 0 Å². The van der Waals surface area contributed by atoms with Gasteiger partial charge in [-0.15, -0.1) is 0 Å². The number of benzene rings is 1. The standard InChI is InChI=1S/C15H16N2O3S/c1-3-17-14(19)12(13(18)16-15(17)21)9-10-5-7-11(8-6-10)20-4-2/h5-9H,3-4H2,1-2H3,(H,16,18,21)/b12-9+. The summed E-state index contributed by atoms with van der Waals surface area (Å²) in [6.45, 7) is 4.71. The number of ether oxygens (including phenoxy) is 1. The van der Waals surface area contributed by atoms with Crippen molar-refractivity contribution in [3.63, 3.8) is 0 Å². The summed E-state index contributed by atoms with van der Waals surface area (Å²) in [6, 6.07) is 7.18. The lowest BCUT2D eigenvalue weighted by atomic mass is 10.1. The van der Waals surface area contributed by atoms with Crippen LogP contribution in [0.5, 0.6) is 5.75 Å². The molecular weight excluding hydrogens is 288 g/mol. The van der Waals surface area contributed by atoms with Gasteiger partial charge in [-0.25, -0.2) is 0 Å². The third-order valence-electron chi connectivity index (χ3n) is 3.00.